The lowest BCUT2D eigenvalue weighted by atomic mass is 9.88. The maximum atomic E-state index is 13.0. The van der Waals surface area contributed by atoms with Gasteiger partial charge in [-0.1, -0.05) is 20.8 Å². The molecule has 0 aliphatic heterocycles. The summed E-state index contributed by atoms with van der Waals surface area (Å²) in [7, 11) is 0. The first-order valence-electron chi connectivity index (χ1n) is 6.70. The summed E-state index contributed by atoms with van der Waals surface area (Å²) >= 11 is 0. The summed E-state index contributed by atoms with van der Waals surface area (Å²) in [5, 5.41) is 0. The van der Waals surface area contributed by atoms with Gasteiger partial charge in [-0.2, -0.15) is 0 Å². The lowest BCUT2D eigenvalue weighted by Crippen LogP contribution is -2.42. The third kappa shape index (κ3) is 4.03. The fourth-order valence-electron chi connectivity index (χ4n) is 1.73. The molecule has 1 amide bonds. The van der Waals surface area contributed by atoms with Crippen molar-refractivity contribution < 1.29 is 9.18 Å². The minimum Gasteiger partial charge on any atom is -0.330 e. The fraction of sp³-hybridized carbons (Fsp3) is 0.533. The van der Waals surface area contributed by atoms with Crippen LogP contribution in [0, 0.1) is 11.2 Å². The van der Waals surface area contributed by atoms with Crippen LogP contribution in [0.25, 0.3) is 0 Å². The highest BCUT2D eigenvalue weighted by molar-refractivity contribution is 5.97. The van der Waals surface area contributed by atoms with Crippen LogP contribution in [-0.4, -0.2) is 19.0 Å². The Morgan fingerprint density at radius 3 is 2.37 bits per heavy atom. The molecule has 0 atom stereocenters. The van der Waals surface area contributed by atoms with E-state index in [0.717, 1.165) is 18.5 Å². The maximum absolute atomic E-state index is 13.0. The smallest absolute Gasteiger partial charge is 0.232 e. The van der Waals surface area contributed by atoms with Crippen molar-refractivity contribution in [3.63, 3.8) is 0 Å². The van der Waals surface area contributed by atoms with Crippen molar-refractivity contribution in [1.82, 2.24) is 0 Å². The van der Waals surface area contributed by atoms with Crippen LogP contribution >= 0.6 is 0 Å². The molecule has 106 valence electrons. The first-order valence-corrected chi connectivity index (χ1v) is 6.70. The van der Waals surface area contributed by atoms with Gasteiger partial charge in [0.25, 0.3) is 0 Å². The van der Waals surface area contributed by atoms with E-state index in [9.17, 15) is 9.18 Å². The van der Waals surface area contributed by atoms with Gasteiger partial charge >= 0.3 is 0 Å². The second-order valence-electron chi connectivity index (χ2n) is 5.31. The van der Waals surface area contributed by atoms with Crippen LogP contribution in [0.2, 0.25) is 0 Å². The summed E-state index contributed by atoms with van der Waals surface area (Å²) < 4.78 is 13.0. The van der Waals surface area contributed by atoms with E-state index in [-0.39, 0.29) is 11.7 Å². The van der Waals surface area contributed by atoms with E-state index in [1.165, 1.54) is 12.1 Å². The van der Waals surface area contributed by atoms with Crippen molar-refractivity contribution in [2.75, 3.05) is 18.0 Å². The van der Waals surface area contributed by atoms with Crippen LogP contribution in [0.1, 0.15) is 33.6 Å². The molecule has 0 spiro atoms. The van der Waals surface area contributed by atoms with Crippen molar-refractivity contribution >= 4 is 11.6 Å². The van der Waals surface area contributed by atoms with Gasteiger partial charge in [0.05, 0.1) is 0 Å². The zero-order chi connectivity index (χ0) is 14.5. The number of nitrogens with zero attached hydrogens (tertiary/aromatic N) is 1. The summed E-state index contributed by atoms with van der Waals surface area (Å²) in [5.74, 6) is -0.250. The SMILES string of the molecule is CCC(C)(C)C(=O)N(CCCN)c1ccc(F)cc1. The summed E-state index contributed by atoms with van der Waals surface area (Å²) in [6.07, 6.45) is 1.48. The molecule has 0 unspecified atom stereocenters. The number of carbonyl (C=O) groups is 1. The monoisotopic (exact) mass is 266 g/mol. The molecule has 19 heavy (non-hydrogen) atoms. The van der Waals surface area contributed by atoms with Gasteiger partial charge in [0.2, 0.25) is 5.91 Å². The third-order valence-electron chi connectivity index (χ3n) is 3.43. The summed E-state index contributed by atoms with van der Waals surface area (Å²) in [4.78, 5) is 14.3. The van der Waals surface area contributed by atoms with Gasteiger partial charge in [0.1, 0.15) is 5.82 Å². The second-order valence-corrected chi connectivity index (χ2v) is 5.31. The zero-order valence-corrected chi connectivity index (χ0v) is 11.9. The Morgan fingerprint density at radius 1 is 1.32 bits per heavy atom. The predicted octanol–water partition coefficient (Wildman–Crippen LogP) is 2.94. The Bertz CT molecular complexity index is 415. The molecule has 0 aromatic heterocycles. The van der Waals surface area contributed by atoms with Crippen LogP contribution in [0.4, 0.5) is 10.1 Å². The van der Waals surface area contributed by atoms with Gasteiger partial charge in [-0.05, 0) is 43.7 Å². The minimum atomic E-state index is -0.428. The van der Waals surface area contributed by atoms with E-state index in [2.05, 4.69) is 0 Å². The van der Waals surface area contributed by atoms with Crippen LogP contribution < -0.4 is 10.6 Å². The van der Waals surface area contributed by atoms with Crippen molar-refractivity contribution in [2.45, 2.75) is 33.6 Å². The number of amides is 1. The number of nitrogens with two attached hydrogens (primary N) is 1. The summed E-state index contributed by atoms with van der Waals surface area (Å²) in [6.45, 7) is 6.92. The van der Waals surface area contributed by atoms with Gasteiger partial charge in [0.15, 0.2) is 0 Å². The molecule has 0 saturated carbocycles. The first-order chi connectivity index (χ1) is 8.92. The molecule has 0 saturated heterocycles. The Balaban J connectivity index is 3.00. The average molecular weight is 266 g/mol. The average Bonchev–Trinajstić information content (AvgIpc) is 2.40. The number of halogens is 1. The molecule has 1 aromatic carbocycles. The van der Waals surface area contributed by atoms with Crippen molar-refractivity contribution in [3.05, 3.63) is 30.1 Å². The molecule has 2 N–H and O–H groups in total. The first kappa shape index (κ1) is 15.6. The standard InChI is InChI=1S/C15H23FN2O/c1-4-15(2,3)14(19)18(11-5-10-17)13-8-6-12(16)7-9-13/h6-9H,4-5,10-11,17H2,1-3H3. The number of benzene rings is 1. The van der Waals surface area contributed by atoms with Crippen LogP contribution in [0.5, 0.6) is 0 Å². The molecule has 4 heteroatoms. The molecular formula is C15H23FN2O. The Kier molecular flexibility index (Phi) is 5.48. The van der Waals surface area contributed by atoms with E-state index in [0.29, 0.717) is 13.1 Å². The van der Waals surface area contributed by atoms with Crippen LogP contribution in [0.15, 0.2) is 24.3 Å². The number of hydrogen-bond acceptors (Lipinski definition) is 2. The zero-order valence-electron chi connectivity index (χ0n) is 11.9. The lowest BCUT2D eigenvalue weighted by molar-refractivity contribution is -0.126. The predicted molar refractivity (Wildman–Crippen MR) is 76.5 cm³/mol. The van der Waals surface area contributed by atoms with E-state index in [1.54, 1.807) is 17.0 Å². The molecule has 0 aliphatic carbocycles. The highest BCUT2D eigenvalue weighted by Gasteiger charge is 2.30. The van der Waals surface area contributed by atoms with E-state index in [4.69, 9.17) is 5.73 Å². The molecular weight excluding hydrogens is 243 g/mol. The van der Waals surface area contributed by atoms with E-state index >= 15 is 0 Å². The largest absolute Gasteiger partial charge is 0.330 e. The normalized spacial score (nSPS) is 11.4. The fourth-order valence-corrected chi connectivity index (χ4v) is 1.73. The highest BCUT2D eigenvalue weighted by atomic mass is 19.1. The molecule has 1 aromatic rings. The highest BCUT2D eigenvalue weighted by Crippen LogP contribution is 2.27. The number of carbonyl (C=O) groups excluding carboxylic acids is 1. The van der Waals surface area contributed by atoms with Crippen molar-refractivity contribution in [2.24, 2.45) is 11.1 Å². The number of anilines is 1. The molecule has 0 heterocycles. The van der Waals surface area contributed by atoms with Crippen LogP contribution in [-0.2, 0) is 4.79 Å². The van der Waals surface area contributed by atoms with Gasteiger partial charge < -0.3 is 10.6 Å². The van der Waals surface area contributed by atoms with Gasteiger partial charge in [-0.25, -0.2) is 4.39 Å². The maximum Gasteiger partial charge on any atom is 0.232 e. The number of rotatable bonds is 6. The van der Waals surface area contributed by atoms with E-state index < -0.39 is 5.41 Å². The molecule has 1 rings (SSSR count). The Morgan fingerprint density at radius 2 is 1.89 bits per heavy atom. The Hall–Kier alpha value is -1.42. The summed E-state index contributed by atoms with van der Waals surface area (Å²) in [5.41, 5.74) is 5.82. The van der Waals surface area contributed by atoms with E-state index in [1.807, 2.05) is 20.8 Å². The summed E-state index contributed by atoms with van der Waals surface area (Å²) in [6, 6.07) is 6.01. The van der Waals surface area contributed by atoms with Crippen molar-refractivity contribution in [3.8, 4) is 0 Å². The molecule has 0 radical (unpaired) electrons. The minimum absolute atomic E-state index is 0.0510. The van der Waals surface area contributed by atoms with Gasteiger partial charge in [-0.15, -0.1) is 0 Å². The second kappa shape index (κ2) is 6.66. The Labute approximate surface area is 114 Å². The number of hydrogen-bond donors (Lipinski definition) is 1. The van der Waals surface area contributed by atoms with Crippen LogP contribution in [0.3, 0.4) is 0 Å². The molecule has 0 fully saturated rings. The molecule has 0 bridgehead atoms. The third-order valence-corrected chi connectivity index (χ3v) is 3.43. The van der Waals surface area contributed by atoms with Crippen molar-refractivity contribution in [1.29, 1.82) is 0 Å². The topological polar surface area (TPSA) is 46.3 Å². The van der Waals surface area contributed by atoms with Gasteiger partial charge in [-0.3, -0.25) is 4.79 Å². The molecule has 3 nitrogen and oxygen atoms in total. The van der Waals surface area contributed by atoms with Gasteiger partial charge in [0, 0.05) is 17.6 Å². The quantitative estimate of drug-likeness (QED) is 0.860. The molecule has 0 aliphatic rings. The lowest BCUT2D eigenvalue weighted by Gasteiger charge is -2.31.